The molecule has 0 aromatic heterocycles. The standard InChI is InChI=1S/C18H27NO3Si/c1-7-21-17(20)14-8-10-15-13(12-14)9-11-16(15)19-22-23(5,6)18(2,3)4/h8,10,12H,7,9,11H2,1-6H3/b19-16+. The fraction of sp³-hybridized carbons (Fsp3) is 0.556. The minimum absolute atomic E-state index is 0.131. The van der Waals surface area contributed by atoms with E-state index in [0.29, 0.717) is 12.2 Å². The second kappa shape index (κ2) is 6.47. The zero-order valence-corrected chi connectivity index (χ0v) is 16.0. The first-order valence-electron chi connectivity index (χ1n) is 8.21. The van der Waals surface area contributed by atoms with Crippen molar-refractivity contribution in [2.24, 2.45) is 5.16 Å². The molecule has 0 saturated carbocycles. The number of aryl methyl sites for hydroxylation is 1. The Hall–Kier alpha value is -1.62. The van der Waals surface area contributed by atoms with Crippen molar-refractivity contribution in [3.05, 3.63) is 34.9 Å². The number of rotatable bonds is 4. The Bertz CT molecular complexity index is 630. The summed E-state index contributed by atoms with van der Waals surface area (Å²) in [6.45, 7) is 13.2. The number of carbonyl (C=O) groups excluding carboxylic acids is 1. The van der Waals surface area contributed by atoms with Crippen LogP contribution in [-0.4, -0.2) is 26.6 Å². The monoisotopic (exact) mass is 333 g/mol. The second-order valence-electron chi connectivity index (χ2n) is 7.48. The van der Waals surface area contributed by atoms with Crippen LogP contribution in [0.2, 0.25) is 18.1 Å². The minimum Gasteiger partial charge on any atom is -0.462 e. The molecule has 126 valence electrons. The van der Waals surface area contributed by atoms with E-state index in [2.05, 4.69) is 39.0 Å². The van der Waals surface area contributed by atoms with E-state index in [-0.39, 0.29) is 11.0 Å². The van der Waals surface area contributed by atoms with Crippen LogP contribution in [0.5, 0.6) is 0 Å². The van der Waals surface area contributed by atoms with E-state index in [1.165, 1.54) is 0 Å². The highest BCUT2D eigenvalue weighted by Crippen LogP contribution is 2.37. The molecule has 4 nitrogen and oxygen atoms in total. The third kappa shape index (κ3) is 3.83. The van der Waals surface area contributed by atoms with Crippen molar-refractivity contribution in [3.8, 4) is 0 Å². The zero-order chi connectivity index (χ0) is 17.3. The Morgan fingerprint density at radius 2 is 1.96 bits per heavy atom. The summed E-state index contributed by atoms with van der Waals surface area (Å²) in [7, 11) is -1.89. The van der Waals surface area contributed by atoms with Crippen LogP contribution in [0.3, 0.4) is 0 Å². The first kappa shape index (κ1) is 17.7. The molecule has 0 spiro atoms. The average molecular weight is 334 g/mol. The topological polar surface area (TPSA) is 47.9 Å². The predicted octanol–water partition coefficient (Wildman–Crippen LogP) is 4.54. The van der Waals surface area contributed by atoms with Crippen molar-refractivity contribution >= 4 is 20.0 Å². The Morgan fingerprint density at radius 1 is 1.26 bits per heavy atom. The van der Waals surface area contributed by atoms with Crippen molar-refractivity contribution in [3.63, 3.8) is 0 Å². The third-order valence-corrected chi connectivity index (χ3v) is 8.91. The van der Waals surface area contributed by atoms with Gasteiger partial charge in [-0.05, 0) is 55.6 Å². The summed E-state index contributed by atoms with van der Waals surface area (Å²) >= 11 is 0. The number of nitrogens with zero attached hydrogens (tertiary/aromatic N) is 1. The number of hydrogen-bond acceptors (Lipinski definition) is 4. The molecule has 0 bridgehead atoms. The lowest BCUT2D eigenvalue weighted by molar-refractivity contribution is 0.0526. The summed E-state index contributed by atoms with van der Waals surface area (Å²) in [6, 6.07) is 5.69. The molecular weight excluding hydrogens is 306 g/mol. The smallest absolute Gasteiger partial charge is 0.338 e. The van der Waals surface area contributed by atoms with Crippen molar-refractivity contribution in [2.75, 3.05) is 6.61 Å². The number of carbonyl (C=O) groups is 1. The molecule has 0 amide bonds. The number of ether oxygens (including phenoxy) is 1. The molecule has 5 heteroatoms. The average Bonchev–Trinajstić information content (AvgIpc) is 2.86. The molecule has 0 atom stereocenters. The molecule has 1 aromatic carbocycles. The van der Waals surface area contributed by atoms with E-state index in [1.807, 2.05) is 25.1 Å². The van der Waals surface area contributed by atoms with Gasteiger partial charge in [0.25, 0.3) is 8.32 Å². The number of esters is 1. The normalized spacial score (nSPS) is 16.3. The number of hydrogen-bond donors (Lipinski definition) is 0. The van der Waals surface area contributed by atoms with E-state index >= 15 is 0 Å². The maximum absolute atomic E-state index is 11.8. The molecule has 1 aliphatic carbocycles. The maximum Gasteiger partial charge on any atom is 0.338 e. The molecule has 0 radical (unpaired) electrons. The molecule has 0 unspecified atom stereocenters. The summed E-state index contributed by atoms with van der Waals surface area (Å²) in [5, 5.41) is 4.61. The SMILES string of the molecule is CCOC(=O)c1ccc2c(c1)CC/C2=N\O[Si](C)(C)C(C)(C)C. The highest BCUT2D eigenvalue weighted by Gasteiger charge is 2.40. The van der Waals surface area contributed by atoms with Crippen LogP contribution >= 0.6 is 0 Å². The molecule has 1 aromatic rings. The van der Waals surface area contributed by atoms with Gasteiger partial charge in [0, 0.05) is 5.56 Å². The number of fused-ring (bicyclic) bond motifs is 1. The van der Waals surface area contributed by atoms with E-state index in [4.69, 9.17) is 9.26 Å². The van der Waals surface area contributed by atoms with Gasteiger partial charge in [-0.3, -0.25) is 0 Å². The molecule has 0 heterocycles. The molecule has 0 fully saturated rings. The van der Waals surface area contributed by atoms with Crippen LogP contribution in [-0.2, 0) is 15.7 Å². The summed E-state index contributed by atoms with van der Waals surface area (Å²) in [5.41, 5.74) is 3.84. The Morgan fingerprint density at radius 3 is 2.57 bits per heavy atom. The molecule has 0 N–H and O–H groups in total. The molecule has 23 heavy (non-hydrogen) atoms. The minimum atomic E-state index is -1.89. The third-order valence-electron chi connectivity index (χ3n) is 4.75. The van der Waals surface area contributed by atoms with Crippen LogP contribution in [0.4, 0.5) is 0 Å². The van der Waals surface area contributed by atoms with Gasteiger partial charge in [-0.25, -0.2) is 4.79 Å². The lowest BCUT2D eigenvalue weighted by Crippen LogP contribution is -2.39. The van der Waals surface area contributed by atoms with Gasteiger partial charge in [-0.1, -0.05) is 26.8 Å². The fourth-order valence-corrected chi connectivity index (χ4v) is 2.82. The van der Waals surface area contributed by atoms with E-state index in [0.717, 1.165) is 29.7 Å². The molecule has 0 saturated heterocycles. The van der Waals surface area contributed by atoms with Gasteiger partial charge in [-0.2, -0.15) is 0 Å². The Kier molecular flexibility index (Phi) is 4.99. The van der Waals surface area contributed by atoms with Gasteiger partial charge in [0.2, 0.25) is 0 Å². The summed E-state index contributed by atoms with van der Waals surface area (Å²) in [5.74, 6) is -0.266. The number of benzene rings is 1. The Balaban J connectivity index is 2.19. The quantitative estimate of drug-likeness (QED) is 0.462. The largest absolute Gasteiger partial charge is 0.462 e. The van der Waals surface area contributed by atoms with Gasteiger partial charge < -0.3 is 9.26 Å². The van der Waals surface area contributed by atoms with Gasteiger partial charge >= 0.3 is 5.97 Å². The van der Waals surface area contributed by atoms with E-state index in [1.54, 1.807) is 0 Å². The highest BCUT2D eigenvalue weighted by molar-refractivity contribution is 6.74. The van der Waals surface area contributed by atoms with E-state index < -0.39 is 8.32 Å². The van der Waals surface area contributed by atoms with Crippen molar-refractivity contribution in [1.29, 1.82) is 0 Å². The van der Waals surface area contributed by atoms with E-state index in [9.17, 15) is 4.79 Å². The first-order chi connectivity index (χ1) is 10.7. The van der Waals surface area contributed by atoms with Crippen LogP contribution in [0.25, 0.3) is 0 Å². The molecule has 1 aliphatic rings. The zero-order valence-electron chi connectivity index (χ0n) is 15.0. The van der Waals surface area contributed by atoms with Gasteiger partial charge in [0.15, 0.2) is 0 Å². The fourth-order valence-electron chi connectivity index (χ4n) is 2.21. The summed E-state index contributed by atoms with van der Waals surface area (Å²) < 4.78 is 11.0. The second-order valence-corrected chi connectivity index (χ2v) is 12.2. The lowest BCUT2D eigenvalue weighted by atomic mass is 10.1. The molecular formula is C18H27NO3Si. The van der Waals surface area contributed by atoms with Crippen LogP contribution in [0, 0.1) is 0 Å². The molecule has 2 rings (SSSR count). The van der Waals surface area contributed by atoms with Crippen molar-refractivity contribution in [1.82, 2.24) is 0 Å². The Labute approximate surface area is 140 Å². The van der Waals surface area contributed by atoms with Crippen LogP contribution in [0.1, 0.15) is 55.6 Å². The van der Waals surface area contributed by atoms with Gasteiger partial charge in [0.1, 0.15) is 0 Å². The lowest BCUT2D eigenvalue weighted by Gasteiger charge is -2.33. The van der Waals surface area contributed by atoms with Crippen molar-refractivity contribution in [2.45, 2.75) is 58.7 Å². The molecule has 0 aliphatic heterocycles. The maximum atomic E-state index is 11.8. The summed E-state index contributed by atoms with van der Waals surface area (Å²) in [4.78, 5) is 11.8. The first-order valence-corrected chi connectivity index (χ1v) is 11.1. The van der Waals surface area contributed by atoms with Gasteiger partial charge in [0.05, 0.1) is 17.9 Å². The van der Waals surface area contributed by atoms with Crippen LogP contribution < -0.4 is 0 Å². The van der Waals surface area contributed by atoms with Crippen molar-refractivity contribution < 1.29 is 14.1 Å². The van der Waals surface area contributed by atoms with Crippen LogP contribution in [0.15, 0.2) is 23.4 Å². The number of oxime groups is 1. The highest BCUT2D eigenvalue weighted by atomic mass is 28.4. The van der Waals surface area contributed by atoms with Gasteiger partial charge in [-0.15, -0.1) is 5.16 Å². The predicted molar refractivity (Wildman–Crippen MR) is 95.5 cm³/mol. The summed E-state index contributed by atoms with van der Waals surface area (Å²) in [6.07, 6.45) is 1.75.